The molecule has 2 spiro atoms. The highest BCUT2D eigenvalue weighted by Gasteiger charge is 2.55. The molecular formula is C69H55N. The molecule has 1 nitrogen and oxygen atoms in total. The van der Waals surface area contributed by atoms with Gasteiger partial charge in [0.2, 0.25) is 0 Å². The molecule has 14 rings (SSSR count). The number of anilines is 3. The number of rotatable bonds is 3. The number of fused-ring (bicyclic) bond motifs is 20. The van der Waals surface area contributed by atoms with Gasteiger partial charge >= 0.3 is 0 Å². The van der Waals surface area contributed by atoms with E-state index in [0.717, 1.165) is 17.1 Å². The standard InChI is InChI=1S/C69H55N/c1-42-25-31-57-52(35-42)53-36-43(2)26-32-58(53)68(57)56-22-14-13-21-50(56)51-30-28-49(41-64(51)68)70(47-19-9-8-10-20-47)48-29-34-59-55(40-48)54-37-44-17-11-12-18-45(44)38-63(54)69(59)61-24-16-15-23-60(61)67(6,7)65-39-46(66(3,4)5)27-33-62(65)69/h8-41H,1-7H3. The summed E-state index contributed by atoms with van der Waals surface area (Å²) in [5.41, 5.74) is 27.8. The normalized spacial score (nSPS) is 16.8. The van der Waals surface area contributed by atoms with Gasteiger partial charge in [0, 0.05) is 22.5 Å². The summed E-state index contributed by atoms with van der Waals surface area (Å²) in [7, 11) is 0. The lowest BCUT2D eigenvalue weighted by molar-refractivity contribution is 0.549. The van der Waals surface area contributed by atoms with Crippen molar-refractivity contribution in [2.75, 3.05) is 4.90 Å². The van der Waals surface area contributed by atoms with Gasteiger partial charge in [-0.25, -0.2) is 0 Å². The van der Waals surface area contributed by atoms with Gasteiger partial charge in [-0.1, -0.05) is 203 Å². The Balaban J connectivity index is 1.04. The van der Waals surface area contributed by atoms with E-state index in [1.165, 1.54) is 116 Å². The quantitative estimate of drug-likeness (QED) is 0.171. The molecule has 0 saturated heterocycles. The van der Waals surface area contributed by atoms with Crippen LogP contribution in [0.3, 0.4) is 0 Å². The first-order valence-corrected chi connectivity index (χ1v) is 25.2. The van der Waals surface area contributed by atoms with Crippen LogP contribution in [0, 0.1) is 13.8 Å². The summed E-state index contributed by atoms with van der Waals surface area (Å²) < 4.78 is 0. The van der Waals surface area contributed by atoms with Crippen LogP contribution >= 0.6 is 0 Å². The third-order valence-corrected chi connectivity index (χ3v) is 17.0. The first-order valence-electron chi connectivity index (χ1n) is 25.2. The van der Waals surface area contributed by atoms with Crippen LogP contribution in [0.4, 0.5) is 17.1 Å². The van der Waals surface area contributed by atoms with E-state index in [1.54, 1.807) is 0 Å². The number of benzene rings is 10. The summed E-state index contributed by atoms with van der Waals surface area (Å²) in [6, 6.07) is 79.9. The smallest absolute Gasteiger partial charge is 0.0726 e. The van der Waals surface area contributed by atoms with Gasteiger partial charge in [-0.05, 0) is 173 Å². The van der Waals surface area contributed by atoms with Crippen molar-refractivity contribution in [2.45, 2.75) is 70.1 Å². The third-order valence-electron chi connectivity index (χ3n) is 17.0. The lowest BCUT2D eigenvalue weighted by Crippen LogP contribution is -2.41. The number of para-hydroxylation sites is 1. The predicted octanol–water partition coefficient (Wildman–Crippen LogP) is 17.6. The summed E-state index contributed by atoms with van der Waals surface area (Å²) in [5.74, 6) is 0. The van der Waals surface area contributed by atoms with E-state index in [2.05, 4.69) is 260 Å². The SMILES string of the molecule is Cc1ccc2c(c1)-c1cc(C)ccc1C21c2ccccc2-c2ccc(N(c3ccccc3)c3ccc4c(c3)-c3cc5ccccc5cc3C43c4ccccc4C(C)(C)c4cc(C(C)(C)C)ccc43)cc21. The first-order chi connectivity index (χ1) is 33.9. The molecule has 0 fully saturated rings. The number of nitrogens with zero attached hydrogens (tertiary/aromatic N) is 1. The van der Waals surface area contributed by atoms with Crippen molar-refractivity contribution in [2.24, 2.45) is 0 Å². The van der Waals surface area contributed by atoms with Gasteiger partial charge in [0.15, 0.2) is 0 Å². The van der Waals surface area contributed by atoms with Gasteiger partial charge < -0.3 is 4.90 Å². The fourth-order valence-electron chi connectivity index (χ4n) is 13.8. The maximum Gasteiger partial charge on any atom is 0.0726 e. The molecular weight excluding hydrogens is 843 g/mol. The third kappa shape index (κ3) is 5.28. The number of hydrogen-bond acceptors (Lipinski definition) is 1. The molecule has 1 atom stereocenters. The van der Waals surface area contributed by atoms with Crippen LogP contribution in [0.15, 0.2) is 206 Å². The van der Waals surface area contributed by atoms with Crippen molar-refractivity contribution in [3.05, 3.63) is 279 Å². The highest BCUT2D eigenvalue weighted by Crippen LogP contribution is 2.66. The van der Waals surface area contributed by atoms with E-state index in [0.29, 0.717) is 0 Å². The molecule has 336 valence electrons. The zero-order chi connectivity index (χ0) is 47.5. The first kappa shape index (κ1) is 41.3. The van der Waals surface area contributed by atoms with Gasteiger partial charge in [0.05, 0.1) is 10.8 Å². The van der Waals surface area contributed by atoms with Crippen LogP contribution in [0.1, 0.15) is 107 Å². The van der Waals surface area contributed by atoms with Gasteiger partial charge in [0.25, 0.3) is 0 Å². The molecule has 0 N–H and O–H groups in total. The minimum absolute atomic E-state index is 0.00926. The zero-order valence-electron chi connectivity index (χ0n) is 41.1. The van der Waals surface area contributed by atoms with E-state index < -0.39 is 10.8 Å². The fraction of sp³-hybridized carbons (Fsp3) is 0.159. The van der Waals surface area contributed by atoms with E-state index in [-0.39, 0.29) is 10.8 Å². The van der Waals surface area contributed by atoms with E-state index in [1.807, 2.05) is 0 Å². The summed E-state index contributed by atoms with van der Waals surface area (Å²) in [6.07, 6.45) is 0. The summed E-state index contributed by atoms with van der Waals surface area (Å²) in [6.45, 7) is 16.3. The Bertz CT molecular complexity index is 3830. The maximum atomic E-state index is 2.54. The molecule has 0 saturated carbocycles. The van der Waals surface area contributed by atoms with Gasteiger partial charge in [-0.3, -0.25) is 0 Å². The molecule has 0 radical (unpaired) electrons. The van der Waals surface area contributed by atoms with Crippen molar-refractivity contribution >= 4 is 27.8 Å². The van der Waals surface area contributed by atoms with Gasteiger partial charge in [-0.2, -0.15) is 0 Å². The highest BCUT2D eigenvalue weighted by molar-refractivity contribution is 6.00. The molecule has 0 bridgehead atoms. The Morgan fingerprint density at radius 2 is 0.786 bits per heavy atom. The minimum Gasteiger partial charge on any atom is -0.310 e. The van der Waals surface area contributed by atoms with Gasteiger partial charge in [-0.15, -0.1) is 0 Å². The zero-order valence-corrected chi connectivity index (χ0v) is 41.1. The van der Waals surface area contributed by atoms with Crippen LogP contribution in [-0.4, -0.2) is 0 Å². The van der Waals surface area contributed by atoms with Gasteiger partial charge in [0.1, 0.15) is 0 Å². The average Bonchev–Trinajstić information content (AvgIpc) is 3.94. The Morgan fingerprint density at radius 1 is 0.314 bits per heavy atom. The molecule has 1 heteroatoms. The highest BCUT2D eigenvalue weighted by atomic mass is 15.1. The molecule has 0 heterocycles. The van der Waals surface area contributed by atoms with E-state index in [4.69, 9.17) is 0 Å². The molecule has 1 unspecified atom stereocenters. The second-order valence-corrected chi connectivity index (χ2v) is 22.2. The average molecular weight is 898 g/mol. The molecule has 10 aromatic carbocycles. The molecule has 0 aliphatic heterocycles. The Morgan fingerprint density at radius 3 is 1.49 bits per heavy atom. The Kier molecular flexibility index (Phi) is 8.36. The van der Waals surface area contributed by atoms with Crippen LogP contribution in [0.2, 0.25) is 0 Å². The second-order valence-electron chi connectivity index (χ2n) is 22.2. The lowest BCUT2D eigenvalue weighted by Gasteiger charge is -2.47. The monoisotopic (exact) mass is 897 g/mol. The second kappa shape index (κ2) is 14.2. The molecule has 4 aliphatic rings. The summed E-state index contributed by atoms with van der Waals surface area (Å²) in [4.78, 5) is 2.51. The van der Waals surface area contributed by atoms with Crippen molar-refractivity contribution in [1.82, 2.24) is 0 Å². The summed E-state index contributed by atoms with van der Waals surface area (Å²) >= 11 is 0. The predicted molar refractivity (Wildman–Crippen MR) is 293 cm³/mol. The van der Waals surface area contributed by atoms with Crippen LogP contribution < -0.4 is 4.90 Å². The molecule has 4 aliphatic carbocycles. The van der Waals surface area contributed by atoms with Crippen LogP contribution in [0.5, 0.6) is 0 Å². The Hall–Kier alpha value is -7.74. The minimum atomic E-state index is -0.519. The molecule has 0 aromatic heterocycles. The van der Waals surface area contributed by atoms with Crippen molar-refractivity contribution < 1.29 is 0 Å². The van der Waals surface area contributed by atoms with Crippen molar-refractivity contribution in [3.8, 4) is 33.4 Å². The summed E-state index contributed by atoms with van der Waals surface area (Å²) in [5, 5.41) is 2.52. The lowest BCUT2D eigenvalue weighted by atomic mass is 9.55. The number of aryl methyl sites for hydroxylation is 2. The van der Waals surface area contributed by atoms with Crippen molar-refractivity contribution in [3.63, 3.8) is 0 Å². The fourth-order valence-corrected chi connectivity index (χ4v) is 13.8. The number of hydrogen-bond donors (Lipinski definition) is 0. The van der Waals surface area contributed by atoms with E-state index >= 15 is 0 Å². The van der Waals surface area contributed by atoms with Crippen LogP contribution in [-0.2, 0) is 21.7 Å². The maximum absolute atomic E-state index is 2.54. The van der Waals surface area contributed by atoms with Crippen LogP contribution in [0.25, 0.3) is 44.2 Å². The Labute approximate surface area is 412 Å². The molecule has 0 amide bonds. The van der Waals surface area contributed by atoms with Crippen molar-refractivity contribution in [1.29, 1.82) is 0 Å². The molecule has 10 aromatic rings. The van der Waals surface area contributed by atoms with E-state index in [9.17, 15) is 0 Å². The molecule has 70 heavy (non-hydrogen) atoms. The largest absolute Gasteiger partial charge is 0.310 e. The topological polar surface area (TPSA) is 3.24 Å².